The molecule has 2 aliphatic rings. The number of nitrogens with zero attached hydrogens (tertiary/aromatic N) is 6. The Balaban J connectivity index is 1.24. The zero-order valence-electron chi connectivity index (χ0n) is 17.3. The first-order chi connectivity index (χ1) is 14.2. The highest BCUT2D eigenvalue weighted by Gasteiger charge is 2.22. The third-order valence-corrected chi connectivity index (χ3v) is 6.23. The van der Waals surface area contributed by atoms with Crippen LogP contribution in [0.1, 0.15) is 30.0 Å². The zero-order chi connectivity index (χ0) is 19.8. The van der Waals surface area contributed by atoms with E-state index < -0.39 is 0 Å². The number of hydrogen-bond donors (Lipinski definition) is 0. The number of aryl methyl sites for hydroxylation is 1. The second-order valence-corrected chi connectivity index (χ2v) is 8.12. The Morgan fingerprint density at radius 2 is 1.72 bits per heavy atom. The summed E-state index contributed by atoms with van der Waals surface area (Å²) in [5, 5.41) is 0. The highest BCUT2D eigenvalue weighted by atomic mass is 16.3. The van der Waals surface area contributed by atoms with Gasteiger partial charge in [0, 0.05) is 62.3 Å². The number of hydrogen-bond acceptors (Lipinski definition) is 7. The van der Waals surface area contributed by atoms with Gasteiger partial charge in [0.05, 0.1) is 6.54 Å². The van der Waals surface area contributed by atoms with Crippen molar-refractivity contribution in [1.29, 1.82) is 0 Å². The lowest BCUT2D eigenvalue weighted by Gasteiger charge is -2.35. The number of benzene rings is 1. The molecular formula is C22H28N6O. The monoisotopic (exact) mass is 392 g/mol. The standard InChI is InChI=1S/C22H28N6O/c1-16-17(2)23-15-24-22(16)28-11-9-26(10-12-28)14-21-25-19-6-5-18(13-20(19)29-21)27-7-3-4-8-27/h5-6,13,15H,3-4,7-12,14H2,1-2H3. The van der Waals surface area contributed by atoms with E-state index in [0.29, 0.717) is 0 Å². The van der Waals surface area contributed by atoms with Crippen molar-refractivity contribution in [3.8, 4) is 0 Å². The molecule has 2 aliphatic heterocycles. The van der Waals surface area contributed by atoms with Crippen LogP contribution in [0.3, 0.4) is 0 Å². The van der Waals surface area contributed by atoms with Crippen molar-refractivity contribution in [2.24, 2.45) is 0 Å². The fourth-order valence-electron chi connectivity index (χ4n) is 4.35. The average molecular weight is 393 g/mol. The van der Waals surface area contributed by atoms with E-state index >= 15 is 0 Å². The van der Waals surface area contributed by atoms with Gasteiger partial charge in [-0.15, -0.1) is 0 Å². The van der Waals surface area contributed by atoms with Gasteiger partial charge in [-0.25, -0.2) is 15.0 Å². The first-order valence-corrected chi connectivity index (χ1v) is 10.6. The van der Waals surface area contributed by atoms with Gasteiger partial charge in [-0.2, -0.15) is 0 Å². The van der Waals surface area contributed by atoms with E-state index in [9.17, 15) is 0 Å². The zero-order valence-corrected chi connectivity index (χ0v) is 17.3. The number of anilines is 2. The molecule has 7 heteroatoms. The molecule has 4 heterocycles. The van der Waals surface area contributed by atoms with E-state index in [1.807, 2.05) is 6.92 Å². The molecule has 0 spiro atoms. The summed E-state index contributed by atoms with van der Waals surface area (Å²) in [4.78, 5) is 20.7. The third kappa shape index (κ3) is 3.67. The lowest BCUT2D eigenvalue weighted by atomic mass is 10.2. The van der Waals surface area contributed by atoms with Gasteiger partial charge in [0.15, 0.2) is 5.58 Å². The van der Waals surface area contributed by atoms with Crippen molar-refractivity contribution in [3.63, 3.8) is 0 Å². The summed E-state index contributed by atoms with van der Waals surface area (Å²) < 4.78 is 6.10. The summed E-state index contributed by atoms with van der Waals surface area (Å²) in [6, 6.07) is 6.41. The topological polar surface area (TPSA) is 61.5 Å². The van der Waals surface area contributed by atoms with Crippen LogP contribution in [-0.4, -0.2) is 59.1 Å². The lowest BCUT2D eigenvalue weighted by molar-refractivity contribution is 0.228. The predicted octanol–water partition coefficient (Wildman–Crippen LogP) is 3.16. The van der Waals surface area contributed by atoms with Crippen molar-refractivity contribution in [1.82, 2.24) is 19.9 Å². The number of aromatic nitrogens is 3. The van der Waals surface area contributed by atoms with Crippen LogP contribution in [0.4, 0.5) is 11.5 Å². The van der Waals surface area contributed by atoms with Crippen LogP contribution >= 0.6 is 0 Å². The molecule has 0 amide bonds. The average Bonchev–Trinajstić information content (AvgIpc) is 3.40. The number of fused-ring (bicyclic) bond motifs is 1. The minimum Gasteiger partial charge on any atom is -0.439 e. The molecule has 2 fully saturated rings. The molecule has 1 aromatic carbocycles. The lowest BCUT2D eigenvalue weighted by Crippen LogP contribution is -2.46. The molecule has 5 rings (SSSR count). The Morgan fingerprint density at radius 1 is 0.931 bits per heavy atom. The molecular weight excluding hydrogens is 364 g/mol. The Morgan fingerprint density at radius 3 is 2.52 bits per heavy atom. The predicted molar refractivity (Wildman–Crippen MR) is 114 cm³/mol. The van der Waals surface area contributed by atoms with Gasteiger partial charge >= 0.3 is 0 Å². The first-order valence-electron chi connectivity index (χ1n) is 10.6. The van der Waals surface area contributed by atoms with E-state index in [1.165, 1.54) is 24.1 Å². The van der Waals surface area contributed by atoms with E-state index in [2.05, 4.69) is 49.8 Å². The van der Waals surface area contributed by atoms with Crippen molar-refractivity contribution >= 4 is 22.6 Å². The third-order valence-electron chi connectivity index (χ3n) is 6.23. The van der Waals surface area contributed by atoms with E-state index in [4.69, 9.17) is 9.40 Å². The number of piperazine rings is 1. The van der Waals surface area contributed by atoms with E-state index in [-0.39, 0.29) is 0 Å². The summed E-state index contributed by atoms with van der Waals surface area (Å²) in [7, 11) is 0. The second kappa shape index (κ2) is 7.63. The van der Waals surface area contributed by atoms with Gasteiger partial charge in [0.1, 0.15) is 17.7 Å². The Kier molecular flexibility index (Phi) is 4.83. The molecule has 0 bridgehead atoms. The summed E-state index contributed by atoms with van der Waals surface area (Å²) in [6.07, 6.45) is 4.22. The maximum atomic E-state index is 6.10. The molecule has 0 N–H and O–H groups in total. The van der Waals surface area contributed by atoms with Crippen LogP contribution < -0.4 is 9.80 Å². The molecule has 2 aromatic heterocycles. The fraction of sp³-hybridized carbons (Fsp3) is 0.500. The second-order valence-electron chi connectivity index (χ2n) is 8.12. The van der Waals surface area contributed by atoms with Crippen molar-refractivity contribution < 1.29 is 4.42 Å². The molecule has 3 aromatic rings. The number of oxazole rings is 1. The quantitative estimate of drug-likeness (QED) is 0.676. The molecule has 7 nitrogen and oxygen atoms in total. The van der Waals surface area contributed by atoms with Crippen molar-refractivity contribution in [3.05, 3.63) is 41.7 Å². The van der Waals surface area contributed by atoms with Crippen LogP contribution in [-0.2, 0) is 6.54 Å². The van der Waals surface area contributed by atoms with Gasteiger partial charge < -0.3 is 14.2 Å². The van der Waals surface area contributed by atoms with Gasteiger partial charge in [0.2, 0.25) is 5.89 Å². The highest BCUT2D eigenvalue weighted by molar-refractivity contribution is 5.77. The maximum absolute atomic E-state index is 6.10. The number of rotatable bonds is 4. The summed E-state index contributed by atoms with van der Waals surface area (Å²) in [5.74, 6) is 1.87. The molecule has 0 unspecified atom stereocenters. The van der Waals surface area contributed by atoms with Gasteiger partial charge in [0.25, 0.3) is 0 Å². The first kappa shape index (κ1) is 18.4. The summed E-state index contributed by atoms with van der Waals surface area (Å²) in [5.41, 5.74) is 5.33. The van der Waals surface area contributed by atoms with Crippen LogP contribution in [0.25, 0.3) is 11.1 Å². The minimum absolute atomic E-state index is 0.753. The van der Waals surface area contributed by atoms with Gasteiger partial charge in [-0.3, -0.25) is 4.90 Å². The van der Waals surface area contributed by atoms with E-state index in [0.717, 1.165) is 74.3 Å². The summed E-state index contributed by atoms with van der Waals surface area (Å²) in [6.45, 7) is 11.0. The molecule has 152 valence electrons. The van der Waals surface area contributed by atoms with Gasteiger partial charge in [-0.05, 0) is 38.8 Å². The van der Waals surface area contributed by atoms with Crippen LogP contribution in [0.2, 0.25) is 0 Å². The molecule has 0 saturated carbocycles. The smallest absolute Gasteiger partial charge is 0.209 e. The minimum atomic E-state index is 0.753. The van der Waals surface area contributed by atoms with Crippen molar-refractivity contribution in [2.75, 3.05) is 49.1 Å². The van der Waals surface area contributed by atoms with Crippen LogP contribution in [0.15, 0.2) is 28.9 Å². The highest BCUT2D eigenvalue weighted by Crippen LogP contribution is 2.26. The maximum Gasteiger partial charge on any atom is 0.209 e. The van der Waals surface area contributed by atoms with Gasteiger partial charge in [-0.1, -0.05) is 0 Å². The molecule has 0 aliphatic carbocycles. The molecule has 29 heavy (non-hydrogen) atoms. The Labute approximate surface area is 171 Å². The molecule has 0 atom stereocenters. The molecule has 0 radical (unpaired) electrons. The summed E-state index contributed by atoms with van der Waals surface area (Å²) >= 11 is 0. The normalized spacial score (nSPS) is 18.1. The largest absolute Gasteiger partial charge is 0.439 e. The van der Waals surface area contributed by atoms with Crippen molar-refractivity contribution in [2.45, 2.75) is 33.2 Å². The van der Waals surface area contributed by atoms with Crippen LogP contribution in [0, 0.1) is 13.8 Å². The SMILES string of the molecule is Cc1ncnc(N2CCN(Cc3nc4ccc(N5CCCC5)cc4o3)CC2)c1C. The Hall–Kier alpha value is -2.67. The van der Waals surface area contributed by atoms with E-state index in [1.54, 1.807) is 6.33 Å². The van der Waals surface area contributed by atoms with Crippen LogP contribution in [0.5, 0.6) is 0 Å². The molecule has 2 saturated heterocycles. The fourth-order valence-corrected chi connectivity index (χ4v) is 4.35. The Bertz CT molecular complexity index is 1000.